The zero-order chi connectivity index (χ0) is 11.3. The molecule has 0 radical (unpaired) electrons. The molecule has 1 aromatic heterocycles. The number of rotatable bonds is 4. The van der Waals surface area contributed by atoms with Gasteiger partial charge in [-0.15, -0.1) is 0 Å². The highest BCUT2D eigenvalue weighted by Crippen LogP contribution is 2.25. The zero-order valence-corrected chi connectivity index (χ0v) is 8.04. The van der Waals surface area contributed by atoms with E-state index >= 15 is 0 Å². The molecule has 0 aromatic carbocycles. The fraction of sp³-hybridized carbons (Fsp3) is 0.500. The van der Waals surface area contributed by atoms with Gasteiger partial charge in [0.25, 0.3) is 0 Å². The Bertz CT molecular complexity index is 286. The van der Waals surface area contributed by atoms with Crippen LogP contribution in [0.15, 0.2) is 24.4 Å². The molecule has 5 heteroatoms. The molecule has 0 spiro atoms. The lowest BCUT2D eigenvalue weighted by molar-refractivity contribution is -0.136. The number of nitrogens with zero attached hydrogens (tertiary/aromatic N) is 1. The third-order valence-corrected chi connectivity index (χ3v) is 1.97. The molecule has 15 heavy (non-hydrogen) atoms. The molecule has 0 amide bonds. The molecule has 1 rings (SSSR count). The van der Waals surface area contributed by atoms with E-state index in [0.717, 1.165) is 0 Å². The van der Waals surface area contributed by atoms with Crippen LogP contribution in [0.5, 0.6) is 0 Å². The molecular formula is C10H12F3NO. The molecule has 0 saturated carbocycles. The van der Waals surface area contributed by atoms with Gasteiger partial charge in [0.2, 0.25) is 0 Å². The summed E-state index contributed by atoms with van der Waals surface area (Å²) in [5.74, 6) is 0. The quantitative estimate of drug-likeness (QED) is 0.844. The van der Waals surface area contributed by atoms with Gasteiger partial charge < -0.3 is 5.11 Å². The van der Waals surface area contributed by atoms with Crippen LogP contribution in [0.3, 0.4) is 0 Å². The van der Waals surface area contributed by atoms with Crippen molar-refractivity contribution in [1.82, 2.24) is 4.98 Å². The largest absolute Gasteiger partial charge is 0.389 e. The lowest BCUT2D eigenvalue weighted by Gasteiger charge is -2.10. The number of aromatic nitrogens is 1. The van der Waals surface area contributed by atoms with Crippen molar-refractivity contribution >= 4 is 0 Å². The van der Waals surface area contributed by atoms with Crippen LogP contribution in [-0.4, -0.2) is 16.3 Å². The maximum absolute atomic E-state index is 11.8. The van der Waals surface area contributed by atoms with Crippen molar-refractivity contribution in [2.45, 2.75) is 31.5 Å². The minimum absolute atomic E-state index is 0.0799. The van der Waals surface area contributed by atoms with Crippen molar-refractivity contribution in [3.8, 4) is 0 Å². The van der Waals surface area contributed by atoms with Gasteiger partial charge in [-0.2, -0.15) is 13.2 Å². The lowest BCUT2D eigenvalue weighted by atomic mass is 10.1. The monoisotopic (exact) mass is 219 g/mol. The summed E-state index contributed by atoms with van der Waals surface area (Å²) >= 11 is 0. The molecule has 1 N–H and O–H groups in total. The molecule has 84 valence electrons. The van der Waals surface area contributed by atoms with Crippen LogP contribution < -0.4 is 0 Å². The van der Waals surface area contributed by atoms with E-state index in [2.05, 4.69) is 4.98 Å². The van der Waals surface area contributed by atoms with Crippen LogP contribution in [0.25, 0.3) is 0 Å². The highest BCUT2D eigenvalue weighted by molar-refractivity contribution is 5.06. The van der Waals surface area contributed by atoms with E-state index in [1.165, 1.54) is 6.20 Å². The minimum Gasteiger partial charge on any atom is -0.387 e. The predicted molar refractivity (Wildman–Crippen MR) is 49.1 cm³/mol. The van der Waals surface area contributed by atoms with Gasteiger partial charge in [0, 0.05) is 12.6 Å². The van der Waals surface area contributed by atoms with Crippen LogP contribution in [0.2, 0.25) is 0 Å². The average Bonchev–Trinajstić information content (AvgIpc) is 2.17. The summed E-state index contributed by atoms with van der Waals surface area (Å²) in [5.41, 5.74) is 0.416. The van der Waals surface area contributed by atoms with Crippen LogP contribution in [-0.2, 0) is 0 Å². The van der Waals surface area contributed by atoms with Gasteiger partial charge in [0.05, 0.1) is 11.8 Å². The van der Waals surface area contributed by atoms with E-state index in [-0.39, 0.29) is 12.8 Å². The Hall–Kier alpha value is -1.10. The van der Waals surface area contributed by atoms with Crippen LogP contribution in [0.4, 0.5) is 13.2 Å². The Morgan fingerprint density at radius 3 is 2.60 bits per heavy atom. The Morgan fingerprint density at radius 2 is 2.07 bits per heavy atom. The molecular weight excluding hydrogens is 207 g/mol. The first-order valence-corrected chi connectivity index (χ1v) is 4.65. The highest BCUT2D eigenvalue weighted by Gasteiger charge is 2.26. The van der Waals surface area contributed by atoms with Gasteiger partial charge in [-0.05, 0) is 25.0 Å². The summed E-state index contributed by atoms with van der Waals surface area (Å²) in [5, 5.41) is 9.49. The SMILES string of the molecule is OC(CCCC(F)(F)F)c1ccccn1. The van der Waals surface area contributed by atoms with E-state index < -0.39 is 18.7 Å². The molecule has 0 saturated heterocycles. The fourth-order valence-electron chi connectivity index (χ4n) is 1.22. The lowest BCUT2D eigenvalue weighted by Crippen LogP contribution is -2.08. The van der Waals surface area contributed by atoms with Crippen molar-refractivity contribution in [3.63, 3.8) is 0 Å². The molecule has 1 aromatic rings. The summed E-state index contributed by atoms with van der Waals surface area (Å²) < 4.78 is 35.4. The molecule has 0 aliphatic heterocycles. The average molecular weight is 219 g/mol. The Balaban J connectivity index is 2.34. The summed E-state index contributed by atoms with van der Waals surface area (Å²) in [6.07, 6.45) is -4.42. The number of pyridine rings is 1. The van der Waals surface area contributed by atoms with Crippen molar-refractivity contribution in [2.75, 3.05) is 0 Å². The van der Waals surface area contributed by atoms with Crippen molar-refractivity contribution in [3.05, 3.63) is 30.1 Å². The number of aliphatic hydroxyl groups excluding tert-OH is 1. The maximum Gasteiger partial charge on any atom is 0.389 e. The Morgan fingerprint density at radius 1 is 1.33 bits per heavy atom. The molecule has 0 aliphatic rings. The smallest absolute Gasteiger partial charge is 0.387 e. The third-order valence-electron chi connectivity index (χ3n) is 1.97. The second-order valence-electron chi connectivity index (χ2n) is 3.28. The number of aliphatic hydroxyl groups is 1. The first-order valence-electron chi connectivity index (χ1n) is 4.65. The van der Waals surface area contributed by atoms with Gasteiger partial charge in [-0.1, -0.05) is 6.07 Å². The van der Waals surface area contributed by atoms with Gasteiger partial charge in [0.15, 0.2) is 0 Å². The van der Waals surface area contributed by atoms with E-state index in [1.807, 2.05) is 0 Å². The topological polar surface area (TPSA) is 33.1 Å². The molecule has 0 bridgehead atoms. The fourth-order valence-corrected chi connectivity index (χ4v) is 1.22. The maximum atomic E-state index is 11.8. The molecule has 0 fully saturated rings. The number of hydrogen-bond acceptors (Lipinski definition) is 2. The second kappa shape index (κ2) is 5.11. The first-order chi connectivity index (χ1) is 6.99. The summed E-state index contributed by atoms with van der Waals surface area (Å²) in [7, 11) is 0. The third kappa shape index (κ3) is 4.78. The van der Waals surface area contributed by atoms with E-state index in [9.17, 15) is 18.3 Å². The minimum atomic E-state index is -4.15. The molecule has 2 nitrogen and oxygen atoms in total. The Kier molecular flexibility index (Phi) is 4.08. The van der Waals surface area contributed by atoms with Crippen molar-refractivity contribution in [2.24, 2.45) is 0 Å². The molecule has 1 unspecified atom stereocenters. The van der Waals surface area contributed by atoms with Gasteiger partial charge in [-0.3, -0.25) is 4.98 Å². The summed E-state index contributed by atoms with van der Waals surface area (Å²) in [6.45, 7) is 0. The zero-order valence-electron chi connectivity index (χ0n) is 8.04. The van der Waals surface area contributed by atoms with Gasteiger partial charge >= 0.3 is 6.18 Å². The summed E-state index contributed by atoms with van der Waals surface area (Å²) in [6, 6.07) is 4.97. The van der Waals surface area contributed by atoms with Gasteiger partial charge in [0.1, 0.15) is 0 Å². The van der Waals surface area contributed by atoms with Gasteiger partial charge in [-0.25, -0.2) is 0 Å². The van der Waals surface area contributed by atoms with E-state index in [1.54, 1.807) is 18.2 Å². The molecule has 0 aliphatic carbocycles. The van der Waals surface area contributed by atoms with Crippen LogP contribution in [0.1, 0.15) is 31.1 Å². The number of alkyl halides is 3. The highest BCUT2D eigenvalue weighted by atomic mass is 19.4. The predicted octanol–water partition coefficient (Wildman–Crippen LogP) is 2.85. The normalized spacial score (nSPS) is 13.9. The van der Waals surface area contributed by atoms with E-state index in [4.69, 9.17) is 0 Å². The van der Waals surface area contributed by atoms with E-state index in [0.29, 0.717) is 5.69 Å². The molecule has 1 heterocycles. The van der Waals surface area contributed by atoms with Crippen molar-refractivity contribution < 1.29 is 18.3 Å². The Labute approximate surface area is 85.8 Å². The van der Waals surface area contributed by atoms with Crippen LogP contribution in [0, 0.1) is 0 Å². The van der Waals surface area contributed by atoms with Crippen molar-refractivity contribution in [1.29, 1.82) is 0 Å². The first kappa shape index (κ1) is 12.0. The summed E-state index contributed by atoms with van der Waals surface area (Å²) in [4.78, 5) is 3.86. The molecule has 1 atom stereocenters. The van der Waals surface area contributed by atoms with Crippen LogP contribution >= 0.6 is 0 Å². The number of hydrogen-bond donors (Lipinski definition) is 1. The standard InChI is InChI=1S/C10H12F3NO/c11-10(12,13)6-3-5-9(15)8-4-1-2-7-14-8/h1-2,4,7,9,15H,3,5-6H2. The second-order valence-corrected chi connectivity index (χ2v) is 3.28. The number of halogens is 3.